The minimum Gasteiger partial charge on any atom is -0.376 e. The normalized spacial score (nSPS) is 32.3. The van der Waals surface area contributed by atoms with Gasteiger partial charge in [-0.05, 0) is 43.4 Å². The summed E-state index contributed by atoms with van der Waals surface area (Å²) in [5, 5.41) is 3.29. The van der Waals surface area contributed by atoms with Gasteiger partial charge in [-0.2, -0.15) is 0 Å². The fraction of sp³-hybridized carbons (Fsp3) is 0.938. The summed E-state index contributed by atoms with van der Waals surface area (Å²) in [4.78, 5) is 11.5. The number of hydrogen-bond acceptors (Lipinski definition) is 3. The standard InChI is InChI=1S/C16H30N2O2/c1-10(2)13-7-4-11(3)8-15(13)20-9-14(16(17)19)18-12-5-6-12/h10-15,18H,4-9H2,1-3H3,(H2,17,19). The molecule has 2 saturated carbocycles. The summed E-state index contributed by atoms with van der Waals surface area (Å²) < 4.78 is 6.12. The van der Waals surface area contributed by atoms with Crippen LogP contribution in [-0.2, 0) is 9.53 Å². The first-order chi connectivity index (χ1) is 9.47. The summed E-state index contributed by atoms with van der Waals surface area (Å²) in [5.74, 6) is 1.68. The van der Waals surface area contributed by atoms with E-state index in [0.29, 0.717) is 24.5 Å². The van der Waals surface area contributed by atoms with Crippen molar-refractivity contribution in [3.05, 3.63) is 0 Å². The van der Waals surface area contributed by atoms with Gasteiger partial charge in [0.1, 0.15) is 6.04 Å². The number of ether oxygens (including phenoxy) is 1. The second kappa shape index (κ2) is 6.90. The Bertz CT molecular complexity index is 328. The van der Waals surface area contributed by atoms with Gasteiger partial charge in [0, 0.05) is 6.04 Å². The fourth-order valence-corrected chi connectivity index (χ4v) is 3.27. The van der Waals surface area contributed by atoms with E-state index in [4.69, 9.17) is 10.5 Å². The molecular weight excluding hydrogens is 252 g/mol. The molecule has 0 heterocycles. The van der Waals surface area contributed by atoms with E-state index >= 15 is 0 Å². The van der Waals surface area contributed by atoms with Crippen molar-refractivity contribution in [3.8, 4) is 0 Å². The SMILES string of the molecule is CC1CCC(C(C)C)C(OCC(NC2CC2)C(N)=O)C1. The number of primary amides is 1. The van der Waals surface area contributed by atoms with Crippen LogP contribution in [0.2, 0.25) is 0 Å². The molecule has 20 heavy (non-hydrogen) atoms. The molecule has 4 heteroatoms. The zero-order valence-corrected chi connectivity index (χ0v) is 13.1. The lowest BCUT2D eigenvalue weighted by atomic mass is 9.75. The molecule has 0 saturated heterocycles. The maximum Gasteiger partial charge on any atom is 0.236 e. The van der Waals surface area contributed by atoms with Gasteiger partial charge in [0.15, 0.2) is 0 Å². The summed E-state index contributed by atoms with van der Waals surface area (Å²) in [5.41, 5.74) is 5.47. The molecule has 0 aromatic rings. The Morgan fingerprint density at radius 2 is 2.00 bits per heavy atom. The first-order valence-corrected chi connectivity index (χ1v) is 8.14. The van der Waals surface area contributed by atoms with Crippen LogP contribution in [0.25, 0.3) is 0 Å². The molecule has 0 radical (unpaired) electrons. The van der Waals surface area contributed by atoms with Crippen molar-refractivity contribution in [2.75, 3.05) is 6.61 Å². The Morgan fingerprint density at radius 1 is 1.30 bits per heavy atom. The predicted molar refractivity (Wildman–Crippen MR) is 80.2 cm³/mol. The topological polar surface area (TPSA) is 64.3 Å². The van der Waals surface area contributed by atoms with E-state index in [1.807, 2.05) is 0 Å². The number of carbonyl (C=O) groups excluding carboxylic acids is 1. The van der Waals surface area contributed by atoms with Crippen LogP contribution < -0.4 is 11.1 Å². The molecular formula is C16H30N2O2. The van der Waals surface area contributed by atoms with Gasteiger partial charge in [-0.1, -0.05) is 27.2 Å². The van der Waals surface area contributed by atoms with Crippen molar-refractivity contribution in [1.82, 2.24) is 5.32 Å². The van der Waals surface area contributed by atoms with Gasteiger partial charge in [0.25, 0.3) is 0 Å². The van der Waals surface area contributed by atoms with Crippen molar-refractivity contribution < 1.29 is 9.53 Å². The smallest absolute Gasteiger partial charge is 0.236 e. The number of nitrogens with two attached hydrogens (primary N) is 1. The van der Waals surface area contributed by atoms with E-state index in [9.17, 15) is 4.79 Å². The molecule has 2 aliphatic rings. The largest absolute Gasteiger partial charge is 0.376 e. The lowest BCUT2D eigenvalue weighted by Gasteiger charge is -2.37. The third-order valence-corrected chi connectivity index (χ3v) is 4.80. The molecule has 1 amide bonds. The molecule has 0 aromatic heterocycles. The number of hydrogen-bond donors (Lipinski definition) is 2. The van der Waals surface area contributed by atoms with Crippen LogP contribution in [-0.4, -0.2) is 30.7 Å². The maximum atomic E-state index is 11.5. The zero-order valence-electron chi connectivity index (χ0n) is 13.1. The molecule has 0 bridgehead atoms. The summed E-state index contributed by atoms with van der Waals surface area (Å²) in [6, 6.07) is 0.148. The van der Waals surface area contributed by atoms with Crippen molar-refractivity contribution in [3.63, 3.8) is 0 Å². The van der Waals surface area contributed by atoms with Crippen molar-refractivity contribution in [2.24, 2.45) is 23.5 Å². The fourth-order valence-electron chi connectivity index (χ4n) is 3.27. The summed E-state index contributed by atoms with van der Waals surface area (Å²) in [6.45, 7) is 7.25. The predicted octanol–water partition coefficient (Wildman–Crippen LogP) is 2.07. The van der Waals surface area contributed by atoms with Gasteiger partial charge in [-0.15, -0.1) is 0 Å². The molecule has 0 aliphatic heterocycles. The molecule has 2 fully saturated rings. The van der Waals surface area contributed by atoms with Crippen molar-refractivity contribution in [1.29, 1.82) is 0 Å². The lowest BCUT2D eigenvalue weighted by Crippen LogP contribution is -2.47. The van der Waals surface area contributed by atoms with Crippen LogP contribution in [0.3, 0.4) is 0 Å². The van der Waals surface area contributed by atoms with Gasteiger partial charge < -0.3 is 15.8 Å². The summed E-state index contributed by atoms with van der Waals surface area (Å²) in [6.07, 6.45) is 6.22. The monoisotopic (exact) mass is 282 g/mol. The van der Waals surface area contributed by atoms with Gasteiger partial charge in [0.05, 0.1) is 12.7 Å². The second-order valence-corrected chi connectivity index (χ2v) is 7.09. The van der Waals surface area contributed by atoms with Crippen LogP contribution in [0.5, 0.6) is 0 Å². The van der Waals surface area contributed by atoms with Crippen LogP contribution in [0.4, 0.5) is 0 Å². The first kappa shape index (κ1) is 15.8. The van der Waals surface area contributed by atoms with Gasteiger partial charge in [0.2, 0.25) is 5.91 Å². The van der Waals surface area contributed by atoms with Gasteiger partial charge >= 0.3 is 0 Å². The Morgan fingerprint density at radius 3 is 2.55 bits per heavy atom. The molecule has 0 aromatic carbocycles. The number of rotatable bonds is 7. The Kier molecular flexibility index (Phi) is 5.44. The average Bonchev–Trinajstić information content (AvgIpc) is 3.17. The Labute approximate surface area is 122 Å². The van der Waals surface area contributed by atoms with E-state index in [1.165, 1.54) is 12.8 Å². The molecule has 116 valence electrons. The first-order valence-electron chi connectivity index (χ1n) is 8.14. The van der Waals surface area contributed by atoms with E-state index in [0.717, 1.165) is 25.2 Å². The Balaban J connectivity index is 1.86. The highest BCUT2D eigenvalue weighted by Crippen LogP contribution is 2.35. The molecule has 4 unspecified atom stereocenters. The minimum absolute atomic E-state index is 0.279. The highest BCUT2D eigenvalue weighted by molar-refractivity contribution is 5.80. The van der Waals surface area contributed by atoms with E-state index in [2.05, 4.69) is 26.1 Å². The average molecular weight is 282 g/mol. The van der Waals surface area contributed by atoms with Crippen LogP contribution in [0, 0.1) is 17.8 Å². The minimum atomic E-state index is -0.326. The van der Waals surface area contributed by atoms with Gasteiger partial charge in [-0.3, -0.25) is 4.79 Å². The lowest BCUT2D eigenvalue weighted by molar-refractivity contribution is -0.123. The zero-order chi connectivity index (χ0) is 14.7. The van der Waals surface area contributed by atoms with E-state index in [-0.39, 0.29) is 18.1 Å². The van der Waals surface area contributed by atoms with Crippen LogP contribution in [0.15, 0.2) is 0 Å². The highest BCUT2D eigenvalue weighted by atomic mass is 16.5. The molecule has 4 nitrogen and oxygen atoms in total. The van der Waals surface area contributed by atoms with Crippen LogP contribution >= 0.6 is 0 Å². The number of carbonyl (C=O) groups is 1. The quantitative estimate of drug-likeness (QED) is 0.751. The van der Waals surface area contributed by atoms with E-state index in [1.54, 1.807) is 0 Å². The van der Waals surface area contributed by atoms with Crippen molar-refractivity contribution >= 4 is 5.91 Å². The molecule has 0 spiro atoms. The second-order valence-electron chi connectivity index (χ2n) is 7.09. The van der Waals surface area contributed by atoms with E-state index < -0.39 is 0 Å². The summed E-state index contributed by atoms with van der Waals surface area (Å²) >= 11 is 0. The molecule has 3 N–H and O–H groups in total. The van der Waals surface area contributed by atoms with Crippen molar-refractivity contribution in [2.45, 2.75) is 71.1 Å². The number of nitrogens with one attached hydrogen (secondary N) is 1. The third kappa shape index (κ3) is 4.45. The number of amides is 1. The Hall–Kier alpha value is -0.610. The molecule has 2 rings (SSSR count). The van der Waals surface area contributed by atoms with Gasteiger partial charge in [-0.25, -0.2) is 0 Å². The molecule has 4 atom stereocenters. The molecule has 2 aliphatic carbocycles. The highest BCUT2D eigenvalue weighted by Gasteiger charge is 2.33. The third-order valence-electron chi connectivity index (χ3n) is 4.80. The maximum absolute atomic E-state index is 11.5. The summed E-state index contributed by atoms with van der Waals surface area (Å²) in [7, 11) is 0. The van der Waals surface area contributed by atoms with Crippen LogP contribution in [0.1, 0.15) is 52.9 Å².